The van der Waals surface area contributed by atoms with Crippen molar-refractivity contribution < 1.29 is 22.8 Å². The van der Waals surface area contributed by atoms with Crippen molar-refractivity contribution in [2.45, 2.75) is 32.9 Å². The molecule has 2 nitrogen and oxygen atoms in total. The Morgan fingerprint density at radius 2 is 1.87 bits per heavy atom. The standard InChI is InChI=1S/C10H13F3O2/c1-5-3-6(2)8(7(14)4-5)9(15)10(11,12)13/h5-6,8H,3-4H2,1-2H3. The highest BCUT2D eigenvalue weighted by Gasteiger charge is 2.49. The lowest BCUT2D eigenvalue weighted by atomic mass is 9.73. The maximum Gasteiger partial charge on any atom is 0.450 e. The molecule has 5 heteroatoms. The van der Waals surface area contributed by atoms with Gasteiger partial charge in [0.25, 0.3) is 0 Å². The van der Waals surface area contributed by atoms with Gasteiger partial charge >= 0.3 is 6.18 Å². The topological polar surface area (TPSA) is 34.1 Å². The number of Topliss-reactive ketones (excluding diaryl/α,β-unsaturated/α-hetero) is 2. The average molecular weight is 222 g/mol. The van der Waals surface area contributed by atoms with Crippen molar-refractivity contribution in [1.29, 1.82) is 0 Å². The summed E-state index contributed by atoms with van der Waals surface area (Å²) >= 11 is 0. The van der Waals surface area contributed by atoms with Gasteiger partial charge in [0.1, 0.15) is 5.78 Å². The maximum absolute atomic E-state index is 12.2. The zero-order valence-corrected chi connectivity index (χ0v) is 8.60. The van der Waals surface area contributed by atoms with E-state index in [0.29, 0.717) is 6.42 Å². The molecule has 1 aliphatic rings. The zero-order valence-electron chi connectivity index (χ0n) is 8.60. The van der Waals surface area contributed by atoms with Crippen LogP contribution in [0.25, 0.3) is 0 Å². The first kappa shape index (κ1) is 12.2. The van der Waals surface area contributed by atoms with Crippen LogP contribution in [-0.4, -0.2) is 17.7 Å². The minimum atomic E-state index is -4.89. The summed E-state index contributed by atoms with van der Waals surface area (Å²) in [6.45, 7) is 3.34. The largest absolute Gasteiger partial charge is 0.450 e. The third-order valence-electron chi connectivity index (χ3n) is 2.80. The second-order valence-corrected chi connectivity index (χ2v) is 4.33. The first-order chi connectivity index (χ1) is 6.73. The Labute approximate surface area is 85.8 Å². The van der Waals surface area contributed by atoms with E-state index >= 15 is 0 Å². The highest BCUT2D eigenvalue weighted by Crippen LogP contribution is 2.35. The number of rotatable bonds is 1. The molecule has 0 heterocycles. The van der Waals surface area contributed by atoms with E-state index in [-0.39, 0.29) is 12.3 Å². The Morgan fingerprint density at radius 1 is 1.33 bits per heavy atom. The molecule has 1 rings (SSSR count). The van der Waals surface area contributed by atoms with Crippen LogP contribution in [0.4, 0.5) is 13.2 Å². The van der Waals surface area contributed by atoms with Crippen LogP contribution in [0.5, 0.6) is 0 Å². The van der Waals surface area contributed by atoms with Gasteiger partial charge in [-0.05, 0) is 18.3 Å². The molecule has 3 atom stereocenters. The van der Waals surface area contributed by atoms with Gasteiger partial charge in [0.05, 0.1) is 5.92 Å². The summed E-state index contributed by atoms with van der Waals surface area (Å²) in [5.41, 5.74) is 0. The summed E-state index contributed by atoms with van der Waals surface area (Å²) in [6.07, 6.45) is -4.32. The van der Waals surface area contributed by atoms with Gasteiger partial charge in [0, 0.05) is 6.42 Å². The summed E-state index contributed by atoms with van der Waals surface area (Å²) in [7, 11) is 0. The fourth-order valence-corrected chi connectivity index (χ4v) is 2.22. The van der Waals surface area contributed by atoms with E-state index in [1.807, 2.05) is 6.92 Å². The molecule has 0 aliphatic heterocycles. The lowest BCUT2D eigenvalue weighted by molar-refractivity contribution is -0.179. The Morgan fingerprint density at radius 3 is 2.27 bits per heavy atom. The first-order valence-corrected chi connectivity index (χ1v) is 4.87. The number of carbonyl (C=O) groups is 2. The average Bonchev–Trinajstić information content (AvgIpc) is 1.99. The van der Waals surface area contributed by atoms with Crippen molar-refractivity contribution in [3.8, 4) is 0 Å². The zero-order chi connectivity index (χ0) is 11.8. The van der Waals surface area contributed by atoms with Gasteiger partial charge in [-0.1, -0.05) is 13.8 Å². The quantitative estimate of drug-likeness (QED) is 0.638. The molecule has 0 aromatic heterocycles. The lowest BCUT2D eigenvalue weighted by Crippen LogP contribution is -2.42. The lowest BCUT2D eigenvalue weighted by Gasteiger charge is -2.30. The van der Waals surface area contributed by atoms with E-state index in [1.54, 1.807) is 0 Å². The van der Waals surface area contributed by atoms with Gasteiger partial charge < -0.3 is 0 Å². The van der Waals surface area contributed by atoms with Crippen molar-refractivity contribution in [3.63, 3.8) is 0 Å². The number of hydrogen-bond acceptors (Lipinski definition) is 2. The van der Waals surface area contributed by atoms with E-state index in [0.717, 1.165) is 0 Å². The number of carbonyl (C=O) groups excluding carboxylic acids is 2. The molecule has 0 aromatic rings. The molecule has 0 saturated heterocycles. The highest BCUT2D eigenvalue weighted by molar-refractivity contribution is 6.05. The maximum atomic E-state index is 12.2. The van der Waals surface area contributed by atoms with Crippen molar-refractivity contribution in [1.82, 2.24) is 0 Å². The molecular formula is C10H13F3O2. The van der Waals surface area contributed by atoms with Crippen LogP contribution < -0.4 is 0 Å². The van der Waals surface area contributed by atoms with E-state index in [1.165, 1.54) is 6.92 Å². The van der Waals surface area contributed by atoms with Crippen LogP contribution in [0.15, 0.2) is 0 Å². The van der Waals surface area contributed by atoms with Crippen LogP contribution in [0, 0.1) is 17.8 Å². The highest BCUT2D eigenvalue weighted by atomic mass is 19.4. The SMILES string of the molecule is CC1CC(=O)C(C(=O)C(F)(F)F)C(C)C1. The predicted octanol–water partition coefficient (Wildman–Crippen LogP) is 2.37. The molecular weight excluding hydrogens is 209 g/mol. The van der Waals surface area contributed by atoms with Crippen LogP contribution in [0.2, 0.25) is 0 Å². The Kier molecular flexibility index (Phi) is 3.21. The minimum Gasteiger partial charge on any atom is -0.299 e. The van der Waals surface area contributed by atoms with Crippen LogP contribution >= 0.6 is 0 Å². The van der Waals surface area contributed by atoms with E-state index in [2.05, 4.69) is 0 Å². The van der Waals surface area contributed by atoms with E-state index < -0.39 is 29.6 Å². The molecule has 0 amide bonds. The van der Waals surface area contributed by atoms with Crippen molar-refractivity contribution in [2.75, 3.05) is 0 Å². The van der Waals surface area contributed by atoms with Crippen molar-refractivity contribution in [3.05, 3.63) is 0 Å². The third-order valence-corrected chi connectivity index (χ3v) is 2.80. The molecule has 0 spiro atoms. The van der Waals surface area contributed by atoms with Gasteiger partial charge in [-0.2, -0.15) is 13.2 Å². The molecule has 0 aromatic carbocycles. The number of hydrogen-bond donors (Lipinski definition) is 0. The van der Waals surface area contributed by atoms with Crippen LogP contribution in [0.1, 0.15) is 26.7 Å². The molecule has 15 heavy (non-hydrogen) atoms. The van der Waals surface area contributed by atoms with E-state index in [4.69, 9.17) is 0 Å². The number of ketones is 2. The molecule has 1 fully saturated rings. The van der Waals surface area contributed by atoms with Crippen LogP contribution in [0.3, 0.4) is 0 Å². The summed E-state index contributed by atoms with van der Waals surface area (Å²) in [5.74, 6) is -4.35. The summed E-state index contributed by atoms with van der Waals surface area (Å²) in [6, 6.07) is 0. The normalized spacial score (nSPS) is 32.9. The van der Waals surface area contributed by atoms with Gasteiger partial charge in [0.2, 0.25) is 5.78 Å². The molecule has 3 unspecified atom stereocenters. The Hall–Kier alpha value is -0.870. The predicted molar refractivity (Wildman–Crippen MR) is 47.1 cm³/mol. The minimum absolute atomic E-state index is 0.0739. The third kappa shape index (κ3) is 2.58. The van der Waals surface area contributed by atoms with E-state index in [9.17, 15) is 22.8 Å². The molecule has 86 valence electrons. The smallest absolute Gasteiger partial charge is 0.299 e. The van der Waals surface area contributed by atoms with Gasteiger partial charge in [-0.25, -0.2) is 0 Å². The summed E-state index contributed by atoms with van der Waals surface area (Å²) in [5, 5.41) is 0. The van der Waals surface area contributed by atoms with Gasteiger partial charge in [-0.15, -0.1) is 0 Å². The van der Waals surface area contributed by atoms with Crippen LogP contribution in [-0.2, 0) is 9.59 Å². The molecule has 1 saturated carbocycles. The molecule has 0 N–H and O–H groups in total. The summed E-state index contributed by atoms with van der Waals surface area (Å²) in [4.78, 5) is 22.4. The van der Waals surface area contributed by atoms with Crippen molar-refractivity contribution >= 4 is 11.6 Å². The number of halogens is 3. The van der Waals surface area contributed by atoms with Crippen molar-refractivity contribution in [2.24, 2.45) is 17.8 Å². The van der Waals surface area contributed by atoms with Gasteiger partial charge in [0.15, 0.2) is 0 Å². The molecule has 0 radical (unpaired) electrons. The Bertz CT molecular complexity index is 283. The Balaban J connectivity index is 2.85. The fraction of sp³-hybridized carbons (Fsp3) is 0.800. The first-order valence-electron chi connectivity index (χ1n) is 4.87. The van der Waals surface area contributed by atoms with Gasteiger partial charge in [-0.3, -0.25) is 9.59 Å². The molecule has 0 bridgehead atoms. The number of alkyl halides is 3. The molecule has 1 aliphatic carbocycles. The second-order valence-electron chi connectivity index (χ2n) is 4.33. The monoisotopic (exact) mass is 222 g/mol. The summed E-state index contributed by atoms with van der Waals surface area (Å²) < 4.78 is 36.5. The second kappa shape index (κ2) is 3.94. The fourth-order valence-electron chi connectivity index (χ4n) is 2.22.